The molecule has 1 aliphatic heterocycles. The predicted octanol–water partition coefficient (Wildman–Crippen LogP) is 3.36. The summed E-state index contributed by atoms with van der Waals surface area (Å²) >= 11 is 5.58. The SMILES string of the molecule is FC(F)(F)c1cccc(C2OCC(CCl)O2)c1. The molecule has 1 fully saturated rings. The van der Waals surface area contributed by atoms with Gasteiger partial charge in [-0.15, -0.1) is 11.6 Å². The Morgan fingerprint density at radius 2 is 2.12 bits per heavy atom. The highest BCUT2D eigenvalue weighted by atomic mass is 35.5. The van der Waals surface area contributed by atoms with Gasteiger partial charge in [0.05, 0.1) is 24.2 Å². The monoisotopic (exact) mass is 266 g/mol. The number of halogens is 4. The van der Waals surface area contributed by atoms with Gasteiger partial charge >= 0.3 is 6.18 Å². The average molecular weight is 267 g/mol. The van der Waals surface area contributed by atoms with Crippen LogP contribution in [0, 0.1) is 0 Å². The van der Waals surface area contributed by atoms with Crippen LogP contribution >= 0.6 is 11.6 Å². The van der Waals surface area contributed by atoms with E-state index in [0.717, 1.165) is 12.1 Å². The lowest BCUT2D eigenvalue weighted by atomic mass is 10.1. The molecule has 1 saturated heterocycles. The van der Waals surface area contributed by atoms with Gasteiger partial charge in [0.25, 0.3) is 0 Å². The summed E-state index contributed by atoms with van der Waals surface area (Å²) < 4.78 is 48.1. The zero-order valence-corrected chi connectivity index (χ0v) is 9.46. The van der Waals surface area contributed by atoms with E-state index in [2.05, 4.69) is 0 Å². The van der Waals surface area contributed by atoms with E-state index in [4.69, 9.17) is 21.1 Å². The minimum absolute atomic E-state index is 0.259. The van der Waals surface area contributed by atoms with Gasteiger partial charge in [-0.05, 0) is 12.1 Å². The molecule has 0 saturated carbocycles. The fourth-order valence-electron chi connectivity index (χ4n) is 1.57. The van der Waals surface area contributed by atoms with E-state index < -0.39 is 18.0 Å². The summed E-state index contributed by atoms with van der Waals surface area (Å²) in [5.41, 5.74) is -0.357. The van der Waals surface area contributed by atoms with Gasteiger partial charge in [0.2, 0.25) is 0 Å². The molecule has 1 aromatic rings. The molecular weight excluding hydrogens is 257 g/mol. The molecule has 2 unspecified atom stereocenters. The maximum atomic E-state index is 12.5. The molecule has 2 nitrogen and oxygen atoms in total. The van der Waals surface area contributed by atoms with Crippen molar-refractivity contribution in [2.45, 2.75) is 18.6 Å². The molecule has 0 amide bonds. The second-order valence-electron chi connectivity index (χ2n) is 3.70. The normalized spacial score (nSPS) is 25.2. The largest absolute Gasteiger partial charge is 0.416 e. The molecule has 0 N–H and O–H groups in total. The quantitative estimate of drug-likeness (QED) is 0.764. The molecule has 94 valence electrons. The number of alkyl halides is 4. The van der Waals surface area contributed by atoms with Crippen LogP contribution in [0.5, 0.6) is 0 Å². The van der Waals surface area contributed by atoms with Crippen molar-refractivity contribution in [3.05, 3.63) is 35.4 Å². The second-order valence-corrected chi connectivity index (χ2v) is 4.01. The minimum Gasteiger partial charge on any atom is -0.346 e. The van der Waals surface area contributed by atoms with Crippen molar-refractivity contribution in [3.8, 4) is 0 Å². The van der Waals surface area contributed by atoms with Crippen LogP contribution in [0.25, 0.3) is 0 Å². The molecule has 0 bridgehead atoms. The van der Waals surface area contributed by atoms with Crippen LogP contribution in [-0.4, -0.2) is 18.6 Å². The fourth-order valence-corrected chi connectivity index (χ4v) is 1.73. The lowest BCUT2D eigenvalue weighted by Gasteiger charge is -2.13. The van der Waals surface area contributed by atoms with Gasteiger partial charge in [-0.25, -0.2) is 0 Å². The molecule has 1 heterocycles. The first-order valence-corrected chi connectivity index (χ1v) is 5.54. The molecule has 6 heteroatoms. The van der Waals surface area contributed by atoms with Crippen LogP contribution in [0.1, 0.15) is 17.4 Å². The van der Waals surface area contributed by atoms with Gasteiger partial charge in [-0.3, -0.25) is 0 Å². The highest BCUT2D eigenvalue weighted by Crippen LogP contribution is 2.33. The first-order valence-electron chi connectivity index (χ1n) is 5.01. The average Bonchev–Trinajstić information content (AvgIpc) is 2.76. The third-order valence-electron chi connectivity index (χ3n) is 2.41. The van der Waals surface area contributed by atoms with Crippen LogP contribution in [0.2, 0.25) is 0 Å². The third-order valence-corrected chi connectivity index (χ3v) is 2.75. The van der Waals surface area contributed by atoms with Gasteiger partial charge in [-0.2, -0.15) is 13.2 Å². The van der Waals surface area contributed by atoms with Crippen molar-refractivity contribution >= 4 is 11.6 Å². The molecule has 17 heavy (non-hydrogen) atoms. The Hall–Kier alpha value is -0.780. The maximum Gasteiger partial charge on any atom is 0.416 e. The molecule has 1 aromatic carbocycles. The van der Waals surface area contributed by atoms with Gasteiger partial charge < -0.3 is 9.47 Å². The van der Waals surface area contributed by atoms with E-state index in [1.165, 1.54) is 12.1 Å². The lowest BCUT2D eigenvalue weighted by Crippen LogP contribution is -2.11. The number of ether oxygens (including phenoxy) is 2. The molecule has 2 rings (SSSR count). The number of benzene rings is 1. The Kier molecular flexibility index (Phi) is 3.61. The van der Waals surface area contributed by atoms with Crippen LogP contribution in [0.4, 0.5) is 13.2 Å². The number of hydrogen-bond donors (Lipinski definition) is 0. The standard InChI is InChI=1S/C11H10ClF3O2/c12-5-9-6-16-10(17-9)7-2-1-3-8(4-7)11(13,14)15/h1-4,9-10H,5-6H2. The van der Waals surface area contributed by atoms with Crippen molar-refractivity contribution in [1.29, 1.82) is 0 Å². The zero-order chi connectivity index (χ0) is 12.5. The van der Waals surface area contributed by atoms with Crippen LogP contribution in [0.3, 0.4) is 0 Å². The van der Waals surface area contributed by atoms with Gasteiger partial charge in [-0.1, -0.05) is 12.1 Å². The smallest absolute Gasteiger partial charge is 0.346 e. The van der Waals surface area contributed by atoms with Gasteiger partial charge in [0.15, 0.2) is 6.29 Å². The molecule has 0 aromatic heterocycles. The predicted molar refractivity (Wildman–Crippen MR) is 55.7 cm³/mol. The Labute approximate surface area is 101 Å². The van der Waals surface area contributed by atoms with E-state index in [1.54, 1.807) is 0 Å². The first-order chi connectivity index (χ1) is 8.00. The highest BCUT2D eigenvalue weighted by molar-refractivity contribution is 6.18. The topological polar surface area (TPSA) is 18.5 Å². The van der Waals surface area contributed by atoms with E-state index in [1.807, 2.05) is 0 Å². The highest BCUT2D eigenvalue weighted by Gasteiger charge is 2.32. The summed E-state index contributed by atoms with van der Waals surface area (Å²) in [5.74, 6) is 0.259. The second kappa shape index (κ2) is 4.84. The summed E-state index contributed by atoms with van der Waals surface area (Å²) in [5, 5.41) is 0. The molecular formula is C11H10ClF3O2. The van der Waals surface area contributed by atoms with Crippen LogP contribution < -0.4 is 0 Å². The summed E-state index contributed by atoms with van der Waals surface area (Å²) in [7, 11) is 0. The Morgan fingerprint density at radius 3 is 2.71 bits per heavy atom. The van der Waals surface area contributed by atoms with E-state index in [0.29, 0.717) is 12.2 Å². The van der Waals surface area contributed by atoms with Crippen molar-refractivity contribution in [2.75, 3.05) is 12.5 Å². The third kappa shape index (κ3) is 2.91. The van der Waals surface area contributed by atoms with Gasteiger partial charge in [0.1, 0.15) is 0 Å². The Balaban J connectivity index is 2.17. The van der Waals surface area contributed by atoms with Crippen molar-refractivity contribution in [1.82, 2.24) is 0 Å². The maximum absolute atomic E-state index is 12.5. The van der Waals surface area contributed by atoms with Gasteiger partial charge in [0, 0.05) is 5.56 Å². The van der Waals surface area contributed by atoms with E-state index in [9.17, 15) is 13.2 Å². The van der Waals surface area contributed by atoms with E-state index >= 15 is 0 Å². The van der Waals surface area contributed by atoms with Crippen LogP contribution in [0.15, 0.2) is 24.3 Å². The molecule has 0 radical (unpaired) electrons. The summed E-state index contributed by atoms with van der Waals surface area (Å²) in [6.45, 7) is 0.296. The number of hydrogen-bond acceptors (Lipinski definition) is 2. The molecule has 0 spiro atoms. The summed E-state index contributed by atoms with van der Waals surface area (Å²) in [4.78, 5) is 0. The zero-order valence-electron chi connectivity index (χ0n) is 8.71. The Morgan fingerprint density at radius 1 is 1.35 bits per heavy atom. The molecule has 2 atom stereocenters. The Bertz CT molecular complexity index is 395. The lowest BCUT2D eigenvalue weighted by molar-refractivity contribution is -0.137. The summed E-state index contributed by atoms with van der Waals surface area (Å²) in [6.07, 6.45) is -5.39. The minimum atomic E-state index is -4.36. The first kappa shape index (κ1) is 12.7. The van der Waals surface area contributed by atoms with E-state index in [-0.39, 0.29) is 12.0 Å². The van der Waals surface area contributed by atoms with Crippen molar-refractivity contribution in [2.24, 2.45) is 0 Å². The molecule has 0 aliphatic carbocycles. The number of rotatable bonds is 2. The molecule has 1 aliphatic rings. The van der Waals surface area contributed by atoms with Crippen molar-refractivity contribution < 1.29 is 22.6 Å². The fraction of sp³-hybridized carbons (Fsp3) is 0.455. The van der Waals surface area contributed by atoms with Crippen LogP contribution in [-0.2, 0) is 15.7 Å². The summed E-state index contributed by atoms with van der Waals surface area (Å²) in [6, 6.07) is 4.91. The van der Waals surface area contributed by atoms with Crippen molar-refractivity contribution in [3.63, 3.8) is 0 Å².